The normalized spacial score (nSPS) is 20.1. The Morgan fingerprint density at radius 2 is 1.51 bits per heavy atom. The molecular formula is C37H46N6O6. The first-order chi connectivity index (χ1) is 23.4. The van der Waals surface area contributed by atoms with Crippen molar-refractivity contribution in [2.45, 2.75) is 71.1 Å². The van der Waals surface area contributed by atoms with E-state index >= 15 is 0 Å². The minimum absolute atomic E-state index is 0.0443. The van der Waals surface area contributed by atoms with E-state index < -0.39 is 47.3 Å². The van der Waals surface area contributed by atoms with Gasteiger partial charge in [0.25, 0.3) is 17.4 Å². The van der Waals surface area contributed by atoms with Crippen LogP contribution in [0.4, 0.5) is 0 Å². The molecular weight excluding hydrogens is 624 g/mol. The quantitative estimate of drug-likeness (QED) is 0.305. The predicted octanol–water partition coefficient (Wildman–Crippen LogP) is 2.31. The zero-order valence-corrected chi connectivity index (χ0v) is 28.5. The summed E-state index contributed by atoms with van der Waals surface area (Å²) < 4.78 is 1.35. The molecule has 0 spiro atoms. The van der Waals surface area contributed by atoms with E-state index in [2.05, 4.69) is 21.3 Å². The second-order valence-corrected chi connectivity index (χ2v) is 12.9. The van der Waals surface area contributed by atoms with Crippen LogP contribution in [-0.2, 0) is 34.4 Å². The molecule has 0 aliphatic carbocycles. The molecule has 0 saturated carbocycles. The van der Waals surface area contributed by atoms with Crippen molar-refractivity contribution >= 4 is 29.5 Å². The topological polar surface area (TPSA) is 159 Å². The molecule has 3 atom stereocenters. The number of carbonyl (C=O) groups excluding carboxylic acids is 5. The Balaban J connectivity index is 1.64. The van der Waals surface area contributed by atoms with Gasteiger partial charge < -0.3 is 30.7 Å². The van der Waals surface area contributed by atoms with Crippen LogP contribution >= 0.6 is 0 Å². The number of hydrogen-bond acceptors (Lipinski definition) is 6. The van der Waals surface area contributed by atoms with Crippen molar-refractivity contribution in [1.82, 2.24) is 30.7 Å². The lowest BCUT2D eigenvalue weighted by atomic mass is 10.0. The third-order valence-electron chi connectivity index (χ3n) is 8.38. The van der Waals surface area contributed by atoms with Gasteiger partial charge >= 0.3 is 0 Å². The molecule has 3 heterocycles. The summed E-state index contributed by atoms with van der Waals surface area (Å²) in [6, 6.07) is 16.3. The maximum absolute atomic E-state index is 13.7. The molecule has 49 heavy (non-hydrogen) atoms. The highest BCUT2D eigenvalue weighted by Crippen LogP contribution is 2.14. The molecule has 5 amide bonds. The Bertz CT molecular complexity index is 1690. The molecule has 4 N–H and O–H groups in total. The van der Waals surface area contributed by atoms with Crippen LogP contribution in [0, 0.1) is 5.92 Å². The van der Waals surface area contributed by atoms with Crippen LogP contribution in [0.3, 0.4) is 0 Å². The van der Waals surface area contributed by atoms with Gasteiger partial charge in [0.15, 0.2) is 0 Å². The fourth-order valence-electron chi connectivity index (χ4n) is 5.61. The maximum Gasteiger partial charge on any atom is 0.263 e. The van der Waals surface area contributed by atoms with Crippen LogP contribution in [0.25, 0.3) is 0 Å². The summed E-state index contributed by atoms with van der Waals surface area (Å²) in [6.07, 6.45) is 3.16. The third-order valence-corrected chi connectivity index (χ3v) is 8.38. The second-order valence-electron chi connectivity index (χ2n) is 12.9. The van der Waals surface area contributed by atoms with Crippen LogP contribution in [0.5, 0.6) is 0 Å². The van der Waals surface area contributed by atoms with Gasteiger partial charge in [0.1, 0.15) is 23.7 Å². The highest BCUT2D eigenvalue weighted by Gasteiger charge is 2.30. The van der Waals surface area contributed by atoms with E-state index in [0.29, 0.717) is 37.9 Å². The summed E-state index contributed by atoms with van der Waals surface area (Å²) in [7, 11) is 1.58. The van der Waals surface area contributed by atoms with E-state index in [1.165, 1.54) is 10.6 Å². The number of rotatable bonds is 5. The van der Waals surface area contributed by atoms with Crippen LogP contribution in [0.2, 0.25) is 0 Å². The van der Waals surface area contributed by atoms with Gasteiger partial charge in [0.2, 0.25) is 17.7 Å². The Kier molecular flexibility index (Phi) is 12.9. The highest BCUT2D eigenvalue weighted by molar-refractivity contribution is 5.99. The number of aryl methyl sites for hydroxylation is 1. The Morgan fingerprint density at radius 3 is 2.20 bits per heavy atom. The molecule has 0 saturated heterocycles. The number of benzene rings is 2. The van der Waals surface area contributed by atoms with Crippen molar-refractivity contribution in [3.8, 4) is 0 Å². The van der Waals surface area contributed by atoms with Crippen LogP contribution < -0.4 is 26.8 Å². The average Bonchev–Trinajstić information content (AvgIpc) is 3.07. The van der Waals surface area contributed by atoms with Gasteiger partial charge in [0, 0.05) is 44.9 Å². The van der Waals surface area contributed by atoms with Gasteiger partial charge in [-0.05, 0) is 67.5 Å². The second kappa shape index (κ2) is 17.2. The van der Waals surface area contributed by atoms with Crippen molar-refractivity contribution in [3.05, 3.63) is 106 Å². The molecule has 0 unspecified atom stereocenters. The fourth-order valence-corrected chi connectivity index (χ4v) is 5.61. The number of amides is 5. The summed E-state index contributed by atoms with van der Waals surface area (Å²) in [5.74, 6) is -2.27. The zero-order chi connectivity index (χ0) is 35.5. The molecule has 1 aromatic heterocycles. The highest BCUT2D eigenvalue weighted by atomic mass is 16.2. The summed E-state index contributed by atoms with van der Waals surface area (Å²) in [5, 5.41) is 11.2. The number of carbonyl (C=O) groups is 5. The van der Waals surface area contributed by atoms with Gasteiger partial charge in [-0.1, -0.05) is 56.3 Å². The average molecular weight is 671 g/mol. The summed E-state index contributed by atoms with van der Waals surface area (Å²) in [6.45, 7) is 6.23. The van der Waals surface area contributed by atoms with Crippen molar-refractivity contribution in [2.24, 2.45) is 13.0 Å². The molecule has 260 valence electrons. The molecule has 12 heteroatoms. The number of hydrogen-bond donors (Lipinski definition) is 4. The molecule has 2 bridgehead atoms. The number of aromatic nitrogens is 1. The smallest absolute Gasteiger partial charge is 0.263 e. The first-order valence-electron chi connectivity index (χ1n) is 16.7. The Labute approximate surface area is 286 Å². The number of nitrogens with zero attached hydrogens (tertiary/aromatic N) is 2. The van der Waals surface area contributed by atoms with Crippen molar-refractivity contribution in [3.63, 3.8) is 0 Å². The lowest BCUT2D eigenvalue weighted by Crippen LogP contribution is -2.57. The minimum atomic E-state index is -1.01. The monoisotopic (exact) mass is 670 g/mol. The fraction of sp³-hybridized carbons (Fsp3) is 0.405. The maximum atomic E-state index is 13.7. The van der Waals surface area contributed by atoms with Gasteiger partial charge in [-0.2, -0.15) is 0 Å². The molecule has 2 aromatic carbocycles. The van der Waals surface area contributed by atoms with Crippen molar-refractivity contribution in [2.75, 3.05) is 13.1 Å². The summed E-state index contributed by atoms with van der Waals surface area (Å²) in [5.41, 5.74) is 1.50. The lowest BCUT2D eigenvalue weighted by molar-refractivity contribution is -0.132. The van der Waals surface area contributed by atoms with E-state index in [-0.39, 0.29) is 30.4 Å². The third kappa shape index (κ3) is 10.4. The van der Waals surface area contributed by atoms with Crippen molar-refractivity contribution in [1.29, 1.82) is 0 Å². The largest absolute Gasteiger partial charge is 0.354 e. The van der Waals surface area contributed by atoms with Gasteiger partial charge in [-0.15, -0.1) is 0 Å². The molecule has 2 aliphatic rings. The standard InChI is InChI=1S/C37H46N6O6/c1-24(2)21-30-34(46)39-25(3)32(44)38-18-8-9-20-43(37(49)29-13-10-19-42(4)36(29)48)23-27-14-16-28(17-15-27)33(45)40-31(35(47)41-30)22-26-11-6-5-7-12-26/h5-7,10-17,19,24-25,30-31H,8-9,18,20-23H2,1-4H3,(H,38,44)(H,39,46)(H,40,45)(H,41,47)/t25-,30+,31-/m1/s1. The minimum Gasteiger partial charge on any atom is -0.354 e. The van der Waals surface area contributed by atoms with E-state index in [0.717, 1.165) is 11.1 Å². The number of nitrogens with one attached hydrogen (secondary N) is 4. The van der Waals surface area contributed by atoms with Crippen molar-refractivity contribution < 1.29 is 24.0 Å². The number of pyridine rings is 1. The molecule has 0 fully saturated rings. The van der Waals surface area contributed by atoms with Crippen LogP contribution in [-0.4, -0.2) is 70.2 Å². The SMILES string of the molecule is CC(C)C[C@@H]1NC(=O)[C@@H](Cc2ccccc2)NC(=O)c2ccc(cc2)CN(C(=O)c2cccn(C)c2=O)CCCCNC(=O)[C@@H](C)NC1=O. The van der Waals surface area contributed by atoms with E-state index in [1.807, 2.05) is 44.2 Å². The lowest BCUT2D eigenvalue weighted by Gasteiger charge is -2.25. The zero-order valence-electron chi connectivity index (χ0n) is 28.5. The molecule has 5 rings (SSSR count). The first kappa shape index (κ1) is 36.6. The van der Waals surface area contributed by atoms with Gasteiger partial charge in [0.05, 0.1) is 0 Å². The van der Waals surface area contributed by atoms with E-state index in [1.54, 1.807) is 55.4 Å². The Hall–Kier alpha value is -5.26. The van der Waals surface area contributed by atoms with Crippen LogP contribution in [0.15, 0.2) is 77.7 Å². The molecule has 2 aliphatic heterocycles. The van der Waals surface area contributed by atoms with E-state index in [4.69, 9.17) is 0 Å². The molecule has 12 nitrogen and oxygen atoms in total. The van der Waals surface area contributed by atoms with E-state index in [9.17, 15) is 28.8 Å². The van der Waals surface area contributed by atoms with Gasteiger partial charge in [-0.25, -0.2) is 0 Å². The summed E-state index contributed by atoms with van der Waals surface area (Å²) >= 11 is 0. The molecule has 0 radical (unpaired) electrons. The van der Waals surface area contributed by atoms with Gasteiger partial charge in [-0.3, -0.25) is 28.8 Å². The first-order valence-corrected chi connectivity index (χ1v) is 16.7. The predicted molar refractivity (Wildman–Crippen MR) is 185 cm³/mol. The number of fused-ring (bicyclic) bond motifs is 18. The molecule has 3 aromatic rings. The van der Waals surface area contributed by atoms with Crippen LogP contribution in [0.1, 0.15) is 71.9 Å². The Morgan fingerprint density at radius 1 is 0.816 bits per heavy atom. The summed E-state index contributed by atoms with van der Waals surface area (Å²) in [4.78, 5) is 81.4.